The van der Waals surface area contributed by atoms with Gasteiger partial charge >= 0.3 is 5.97 Å². The van der Waals surface area contributed by atoms with Gasteiger partial charge in [-0.3, -0.25) is 4.79 Å². The summed E-state index contributed by atoms with van der Waals surface area (Å²) in [5, 5.41) is 0. The number of hydrogen-bond donors (Lipinski definition) is 1. The van der Waals surface area contributed by atoms with E-state index >= 15 is 0 Å². The van der Waals surface area contributed by atoms with E-state index in [0.717, 1.165) is 10.0 Å². The molecular weight excluding hydrogens is 258 g/mol. The van der Waals surface area contributed by atoms with Crippen LogP contribution in [0.3, 0.4) is 0 Å². The number of hydrogen-bond acceptors (Lipinski definition) is 3. The van der Waals surface area contributed by atoms with Gasteiger partial charge in [-0.25, -0.2) is 0 Å². The number of carbonyl (C=O) groups is 1. The largest absolute Gasteiger partial charge is 0.465 e. The van der Waals surface area contributed by atoms with Crippen molar-refractivity contribution in [2.45, 2.75) is 19.4 Å². The lowest BCUT2D eigenvalue weighted by molar-refractivity contribution is -0.144. The fourth-order valence-electron chi connectivity index (χ4n) is 1.23. The van der Waals surface area contributed by atoms with Crippen LogP contribution in [0.4, 0.5) is 0 Å². The zero-order valence-corrected chi connectivity index (χ0v) is 10.2. The van der Waals surface area contributed by atoms with Crippen LogP contribution in [0.25, 0.3) is 0 Å². The minimum Gasteiger partial charge on any atom is -0.465 e. The van der Waals surface area contributed by atoms with Crippen molar-refractivity contribution >= 4 is 21.9 Å². The van der Waals surface area contributed by atoms with Gasteiger partial charge in [0.05, 0.1) is 6.61 Å². The Labute approximate surface area is 97.7 Å². The van der Waals surface area contributed by atoms with E-state index in [1.807, 2.05) is 24.3 Å². The molecule has 0 saturated carbocycles. The highest BCUT2D eigenvalue weighted by Gasteiger charge is 2.15. The average Bonchev–Trinajstić information content (AvgIpc) is 2.21. The number of nitrogens with two attached hydrogens (primary N) is 1. The molecule has 0 bridgehead atoms. The van der Waals surface area contributed by atoms with E-state index in [9.17, 15) is 4.79 Å². The summed E-state index contributed by atoms with van der Waals surface area (Å²) in [5.74, 6) is -0.353. The van der Waals surface area contributed by atoms with Gasteiger partial charge in [0.15, 0.2) is 0 Å². The normalized spacial score (nSPS) is 12.2. The van der Waals surface area contributed by atoms with E-state index in [-0.39, 0.29) is 5.97 Å². The first-order valence-corrected chi connectivity index (χ1v) is 5.60. The van der Waals surface area contributed by atoms with Crippen LogP contribution >= 0.6 is 15.9 Å². The number of carbonyl (C=O) groups excluding carboxylic acids is 1. The lowest BCUT2D eigenvalue weighted by Gasteiger charge is -2.11. The molecule has 0 aliphatic heterocycles. The second-order valence-electron chi connectivity index (χ2n) is 3.15. The summed E-state index contributed by atoms with van der Waals surface area (Å²) in [6, 6.07) is 7.10. The van der Waals surface area contributed by atoms with Crippen molar-refractivity contribution in [1.29, 1.82) is 0 Å². The van der Waals surface area contributed by atoms with Gasteiger partial charge in [0.1, 0.15) is 6.04 Å². The predicted molar refractivity (Wildman–Crippen MR) is 62.5 cm³/mol. The maximum atomic E-state index is 11.3. The summed E-state index contributed by atoms with van der Waals surface area (Å²) in [4.78, 5) is 11.3. The van der Waals surface area contributed by atoms with E-state index < -0.39 is 6.04 Å². The van der Waals surface area contributed by atoms with E-state index in [4.69, 9.17) is 10.5 Å². The third-order valence-corrected chi connectivity index (χ3v) is 2.76. The predicted octanol–water partition coefficient (Wildman–Crippen LogP) is 1.88. The molecule has 82 valence electrons. The van der Waals surface area contributed by atoms with E-state index in [1.165, 1.54) is 0 Å². The second-order valence-corrected chi connectivity index (χ2v) is 4.01. The Bertz CT molecular complexity index is 341. The van der Waals surface area contributed by atoms with Gasteiger partial charge < -0.3 is 10.5 Å². The van der Waals surface area contributed by atoms with Crippen LogP contribution < -0.4 is 5.73 Å². The molecule has 3 nitrogen and oxygen atoms in total. The molecule has 1 aromatic rings. The van der Waals surface area contributed by atoms with Crippen molar-refractivity contribution in [1.82, 2.24) is 0 Å². The summed E-state index contributed by atoms with van der Waals surface area (Å²) in [6.45, 7) is 2.13. The SMILES string of the molecule is CCOC(=O)C(N)Cc1ccccc1Br. The quantitative estimate of drug-likeness (QED) is 0.851. The van der Waals surface area contributed by atoms with Crippen LogP contribution in [0.5, 0.6) is 0 Å². The summed E-state index contributed by atoms with van der Waals surface area (Å²) >= 11 is 3.41. The molecule has 1 rings (SSSR count). The monoisotopic (exact) mass is 271 g/mol. The highest BCUT2D eigenvalue weighted by Crippen LogP contribution is 2.17. The Morgan fingerprint density at radius 1 is 1.53 bits per heavy atom. The fourth-order valence-corrected chi connectivity index (χ4v) is 1.68. The molecule has 0 saturated heterocycles. The maximum absolute atomic E-state index is 11.3. The van der Waals surface area contributed by atoms with Gasteiger partial charge in [-0.15, -0.1) is 0 Å². The molecule has 0 fully saturated rings. The number of ether oxygens (including phenoxy) is 1. The fraction of sp³-hybridized carbons (Fsp3) is 0.364. The van der Waals surface area contributed by atoms with Gasteiger partial charge in [0.2, 0.25) is 0 Å². The molecular formula is C11H14BrNO2. The van der Waals surface area contributed by atoms with Crippen molar-refractivity contribution < 1.29 is 9.53 Å². The zero-order valence-electron chi connectivity index (χ0n) is 8.57. The van der Waals surface area contributed by atoms with Gasteiger partial charge in [0, 0.05) is 4.47 Å². The topological polar surface area (TPSA) is 52.3 Å². The summed E-state index contributed by atoms with van der Waals surface area (Å²) < 4.78 is 5.80. The van der Waals surface area contributed by atoms with Gasteiger partial charge in [-0.2, -0.15) is 0 Å². The average molecular weight is 272 g/mol. The number of esters is 1. The van der Waals surface area contributed by atoms with Crippen LogP contribution in [0, 0.1) is 0 Å². The van der Waals surface area contributed by atoms with Crippen LogP contribution in [-0.4, -0.2) is 18.6 Å². The van der Waals surface area contributed by atoms with Crippen LogP contribution in [0.1, 0.15) is 12.5 Å². The summed E-state index contributed by atoms with van der Waals surface area (Å²) in [7, 11) is 0. The molecule has 2 N–H and O–H groups in total. The molecule has 0 radical (unpaired) electrons. The molecule has 0 aliphatic rings. The van der Waals surface area contributed by atoms with Crippen LogP contribution in [0.2, 0.25) is 0 Å². The minimum absolute atomic E-state index is 0.353. The lowest BCUT2D eigenvalue weighted by atomic mass is 10.1. The third-order valence-electron chi connectivity index (χ3n) is 1.99. The third kappa shape index (κ3) is 3.64. The first-order chi connectivity index (χ1) is 7.15. The number of halogens is 1. The molecule has 0 spiro atoms. The van der Waals surface area contributed by atoms with E-state index in [1.54, 1.807) is 6.92 Å². The molecule has 15 heavy (non-hydrogen) atoms. The molecule has 0 aliphatic carbocycles. The van der Waals surface area contributed by atoms with Crippen LogP contribution in [-0.2, 0) is 16.0 Å². The molecule has 0 heterocycles. The van der Waals surface area contributed by atoms with Crippen LogP contribution in [0.15, 0.2) is 28.7 Å². The molecule has 1 atom stereocenters. The van der Waals surface area contributed by atoms with E-state index in [0.29, 0.717) is 13.0 Å². The molecule has 1 unspecified atom stereocenters. The molecule has 1 aromatic carbocycles. The van der Waals surface area contributed by atoms with Gasteiger partial charge in [0.25, 0.3) is 0 Å². The molecule has 0 amide bonds. The van der Waals surface area contributed by atoms with Crippen molar-refractivity contribution in [3.8, 4) is 0 Å². The summed E-state index contributed by atoms with van der Waals surface area (Å²) in [5.41, 5.74) is 6.72. The van der Waals surface area contributed by atoms with Crippen molar-refractivity contribution in [3.05, 3.63) is 34.3 Å². The van der Waals surface area contributed by atoms with Crippen molar-refractivity contribution in [2.75, 3.05) is 6.61 Å². The minimum atomic E-state index is -0.594. The zero-order chi connectivity index (χ0) is 11.3. The van der Waals surface area contributed by atoms with Gasteiger partial charge in [-0.1, -0.05) is 34.1 Å². The summed E-state index contributed by atoms with van der Waals surface area (Å²) in [6.07, 6.45) is 0.486. The highest BCUT2D eigenvalue weighted by molar-refractivity contribution is 9.10. The number of benzene rings is 1. The van der Waals surface area contributed by atoms with Crippen molar-refractivity contribution in [3.63, 3.8) is 0 Å². The van der Waals surface area contributed by atoms with Gasteiger partial charge in [-0.05, 0) is 25.0 Å². The van der Waals surface area contributed by atoms with Crippen molar-refractivity contribution in [2.24, 2.45) is 5.73 Å². The second kappa shape index (κ2) is 5.88. The molecule has 4 heteroatoms. The highest BCUT2D eigenvalue weighted by atomic mass is 79.9. The standard InChI is InChI=1S/C11H14BrNO2/c1-2-15-11(14)10(13)7-8-5-3-4-6-9(8)12/h3-6,10H,2,7,13H2,1H3. The number of rotatable bonds is 4. The maximum Gasteiger partial charge on any atom is 0.323 e. The Morgan fingerprint density at radius 2 is 2.20 bits per heavy atom. The first kappa shape index (κ1) is 12.2. The first-order valence-electron chi connectivity index (χ1n) is 4.80. The Hall–Kier alpha value is -0.870. The Morgan fingerprint density at radius 3 is 2.80 bits per heavy atom. The van der Waals surface area contributed by atoms with E-state index in [2.05, 4.69) is 15.9 Å². The Kier molecular flexibility index (Phi) is 4.78. The lowest BCUT2D eigenvalue weighted by Crippen LogP contribution is -2.34. The Balaban J connectivity index is 2.62. The molecule has 0 aromatic heterocycles. The smallest absolute Gasteiger partial charge is 0.323 e.